The van der Waals surface area contributed by atoms with E-state index < -0.39 is 11.9 Å². The molecule has 0 spiro atoms. The number of hydrogen-bond donors (Lipinski definition) is 2. The first-order valence-corrected chi connectivity index (χ1v) is 7.70. The van der Waals surface area contributed by atoms with Crippen molar-refractivity contribution in [2.24, 2.45) is 11.8 Å². The molecule has 0 bridgehead atoms. The van der Waals surface area contributed by atoms with Gasteiger partial charge in [0.1, 0.15) is 0 Å². The number of rotatable bonds is 4. The van der Waals surface area contributed by atoms with Gasteiger partial charge in [-0.25, -0.2) is 9.59 Å². The molecule has 1 aromatic carbocycles. The van der Waals surface area contributed by atoms with Gasteiger partial charge < -0.3 is 19.7 Å². The number of carboxylic acid groups (broad SMARTS) is 2. The number of esters is 2. The summed E-state index contributed by atoms with van der Waals surface area (Å²) in [5.74, 6) is -2.55. The predicted molar refractivity (Wildman–Crippen MR) is 94.1 cm³/mol. The third-order valence-corrected chi connectivity index (χ3v) is 2.70. The van der Waals surface area contributed by atoms with E-state index in [2.05, 4.69) is 9.47 Å². The van der Waals surface area contributed by atoms with Gasteiger partial charge in [-0.15, -0.1) is 0 Å². The van der Waals surface area contributed by atoms with Gasteiger partial charge in [0, 0.05) is 0 Å². The average molecular weight is 370 g/mol. The number of carbonyl (C=O) groups is 4. The lowest BCUT2D eigenvalue weighted by Gasteiger charge is -1.97. The van der Waals surface area contributed by atoms with Crippen LogP contribution in [0.5, 0.6) is 0 Å². The fourth-order valence-electron chi connectivity index (χ4n) is 1.26. The molecule has 1 rings (SSSR count). The molecule has 0 aromatic heterocycles. The van der Waals surface area contributed by atoms with Crippen LogP contribution in [-0.2, 0) is 19.1 Å². The van der Waals surface area contributed by atoms with Gasteiger partial charge in [-0.05, 0) is 18.2 Å². The number of benzene rings is 1. The Hall–Kier alpha value is -2.90. The lowest BCUT2D eigenvalue weighted by atomic mass is 10.1. The van der Waals surface area contributed by atoms with Crippen LogP contribution in [0.1, 0.15) is 48.4 Å². The van der Waals surface area contributed by atoms with Crippen LogP contribution in [0.3, 0.4) is 0 Å². The largest absolute Gasteiger partial charge is 0.478 e. The number of carboxylic acids is 2. The van der Waals surface area contributed by atoms with Crippen molar-refractivity contribution < 1.29 is 38.9 Å². The van der Waals surface area contributed by atoms with Crippen LogP contribution in [0.2, 0.25) is 0 Å². The third kappa shape index (κ3) is 11.6. The monoisotopic (exact) mass is 370 g/mol. The van der Waals surface area contributed by atoms with E-state index in [4.69, 9.17) is 10.2 Å². The van der Waals surface area contributed by atoms with Crippen LogP contribution in [-0.4, -0.2) is 48.3 Å². The molecule has 0 amide bonds. The molecular weight excluding hydrogens is 344 g/mol. The SMILES string of the molecule is COC(=O)C(C)C.COC(=O)C(C)C.O=C(O)c1cccc(C(=O)O)c1. The first-order valence-electron chi connectivity index (χ1n) is 7.70. The van der Waals surface area contributed by atoms with E-state index in [9.17, 15) is 19.2 Å². The second-order valence-corrected chi connectivity index (χ2v) is 5.55. The number of carbonyl (C=O) groups excluding carboxylic acids is 2. The van der Waals surface area contributed by atoms with Crippen molar-refractivity contribution in [1.82, 2.24) is 0 Å². The Morgan fingerprint density at radius 1 is 0.769 bits per heavy atom. The lowest BCUT2D eigenvalue weighted by molar-refractivity contribution is -0.145. The highest BCUT2D eigenvalue weighted by molar-refractivity contribution is 5.93. The van der Waals surface area contributed by atoms with Crippen molar-refractivity contribution in [3.05, 3.63) is 35.4 Å². The van der Waals surface area contributed by atoms with Gasteiger partial charge in [0.25, 0.3) is 0 Å². The van der Waals surface area contributed by atoms with E-state index in [-0.39, 0.29) is 34.9 Å². The highest BCUT2D eigenvalue weighted by atomic mass is 16.5. The topological polar surface area (TPSA) is 127 Å². The molecule has 0 radical (unpaired) electrons. The molecule has 0 aliphatic rings. The Balaban J connectivity index is 0. The molecule has 0 unspecified atom stereocenters. The van der Waals surface area contributed by atoms with Crippen molar-refractivity contribution in [2.75, 3.05) is 14.2 Å². The summed E-state index contributed by atoms with van der Waals surface area (Å²) in [4.78, 5) is 41.3. The average Bonchev–Trinajstić information content (AvgIpc) is 2.61. The van der Waals surface area contributed by atoms with Crippen molar-refractivity contribution in [3.63, 3.8) is 0 Å². The van der Waals surface area contributed by atoms with Gasteiger partial charge in [0.2, 0.25) is 0 Å². The molecule has 26 heavy (non-hydrogen) atoms. The normalized spacial score (nSPS) is 9.23. The summed E-state index contributed by atoms with van der Waals surface area (Å²) in [5.41, 5.74) is -0.0372. The van der Waals surface area contributed by atoms with Crippen LogP contribution in [0.15, 0.2) is 24.3 Å². The van der Waals surface area contributed by atoms with Crippen LogP contribution in [0, 0.1) is 11.8 Å². The maximum atomic E-state index is 10.4. The third-order valence-electron chi connectivity index (χ3n) is 2.70. The first-order chi connectivity index (χ1) is 12.0. The summed E-state index contributed by atoms with van der Waals surface area (Å²) in [6, 6.07) is 5.20. The van der Waals surface area contributed by atoms with E-state index in [0.717, 1.165) is 6.07 Å². The summed E-state index contributed by atoms with van der Waals surface area (Å²) in [7, 11) is 2.78. The molecule has 0 aliphatic carbocycles. The highest BCUT2D eigenvalue weighted by Crippen LogP contribution is 2.04. The van der Waals surface area contributed by atoms with E-state index in [1.165, 1.54) is 32.4 Å². The Morgan fingerprint density at radius 2 is 1.08 bits per heavy atom. The molecule has 0 fully saturated rings. The van der Waals surface area contributed by atoms with Crippen LogP contribution >= 0.6 is 0 Å². The van der Waals surface area contributed by atoms with Gasteiger partial charge >= 0.3 is 23.9 Å². The number of hydrogen-bond acceptors (Lipinski definition) is 6. The molecule has 8 heteroatoms. The smallest absolute Gasteiger partial charge is 0.335 e. The van der Waals surface area contributed by atoms with Gasteiger partial charge in [-0.1, -0.05) is 33.8 Å². The van der Waals surface area contributed by atoms with Gasteiger partial charge in [0.05, 0.1) is 37.2 Å². The summed E-state index contributed by atoms with van der Waals surface area (Å²) >= 11 is 0. The van der Waals surface area contributed by atoms with Crippen molar-refractivity contribution >= 4 is 23.9 Å². The predicted octanol–water partition coefficient (Wildman–Crippen LogP) is 2.71. The fourth-order valence-corrected chi connectivity index (χ4v) is 1.26. The van der Waals surface area contributed by atoms with E-state index in [1.807, 2.05) is 0 Å². The molecular formula is C18H26O8. The number of methoxy groups -OCH3 is 2. The Kier molecular flexibility index (Phi) is 13.1. The minimum Gasteiger partial charge on any atom is -0.478 e. The number of aromatic carboxylic acids is 2. The quantitative estimate of drug-likeness (QED) is 0.774. The van der Waals surface area contributed by atoms with Gasteiger partial charge in [-0.3, -0.25) is 9.59 Å². The Labute approximate surface area is 152 Å². The molecule has 2 N–H and O–H groups in total. The standard InChI is InChI=1S/C8H6O4.2C5H10O2/c9-7(10)5-2-1-3-6(4-5)8(11)12;2*1-4(2)5(6)7-3/h1-4H,(H,9,10)(H,11,12);2*4H,1-3H3. The molecule has 0 saturated carbocycles. The molecule has 0 aliphatic heterocycles. The van der Waals surface area contributed by atoms with Crippen molar-refractivity contribution in [3.8, 4) is 0 Å². The van der Waals surface area contributed by atoms with E-state index in [0.29, 0.717) is 0 Å². The Bertz CT molecular complexity index is 556. The van der Waals surface area contributed by atoms with Crippen molar-refractivity contribution in [1.29, 1.82) is 0 Å². The minimum absolute atomic E-state index is 0.00463. The van der Waals surface area contributed by atoms with E-state index >= 15 is 0 Å². The van der Waals surface area contributed by atoms with E-state index in [1.54, 1.807) is 27.7 Å². The molecule has 0 atom stereocenters. The second kappa shape index (κ2) is 13.4. The lowest BCUT2D eigenvalue weighted by Crippen LogP contribution is -2.07. The van der Waals surface area contributed by atoms with Gasteiger partial charge in [-0.2, -0.15) is 0 Å². The van der Waals surface area contributed by atoms with Gasteiger partial charge in [0.15, 0.2) is 0 Å². The van der Waals surface area contributed by atoms with Crippen molar-refractivity contribution in [2.45, 2.75) is 27.7 Å². The van der Waals surface area contributed by atoms with Crippen LogP contribution in [0.25, 0.3) is 0 Å². The summed E-state index contributed by atoms with van der Waals surface area (Å²) in [5, 5.41) is 17.0. The summed E-state index contributed by atoms with van der Waals surface area (Å²) < 4.78 is 8.75. The number of ether oxygens (including phenoxy) is 2. The fraction of sp³-hybridized carbons (Fsp3) is 0.444. The maximum Gasteiger partial charge on any atom is 0.335 e. The molecule has 146 valence electrons. The molecule has 8 nitrogen and oxygen atoms in total. The molecule has 0 heterocycles. The zero-order valence-electron chi connectivity index (χ0n) is 15.8. The maximum absolute atomic E-state index is 10.4. The highest BCUT2D eigenvalue weighted by Gasteiger charge is 2.07. The summed E-state index contributed by atoms with van der Waals surface area (Å²) in [6.07, 6.45) is 0. The second-order valence-electron chi connectivity index (χ2n) is 5.55. The zero-order chi connectivity index (χ0) is 20.9. The zero-order valence-corrected chi connectivity index (χ0v) is 15.8. The Morgan fingerprint density at radius 3 is 1.23 bits per heavy atom. The molecule has 0 saturated heterocycles. The molecule has 1 aromatic rings. The van der Waals surface area contributed by atoms with Crippen LogP contribution in [0.4, 0.5) is 0 Å². The minimum atomic E-state index is -1.13. The first kappa shape index (κ1) is 25.3. The summed E-state index contributed by atoms with van der Waals surface area (Å²) in [6.45, 7) is 7.19. The van der Waals surface area contributed by atoms with Crippen LogP contribution < -0.4 is 0 Å².